The van der Waals surface area contributed by atoms with Crippen LogP contribution >= 0.6 is 34.5 Å². The molecule has 0 radical (unpaired) electrons. The summed E-state index contributed by atoms with van der Waals surface area (Å²) in [5.74, 6) is -0.448. The first-order chi connectivity index (χ1) is 16.3. The summed E-state index contributed by atoms with van der Waals surface area (Å²) in [5, 5.41) is 3.86. The number of benzene rings is 3. The lowest BCUT2D eigenvalue weighted by atomic mass is 10.0. The molecule has 0 fully saturated rings. The lowest BCUT2D eigenvalue weighted by Gasteiger charge is -2.23. The van der Waals surface area contributed by atoms with E-state index in [2.05, 4.69) is 5.32 Å². The Kier molecular flexibility index (Phi) is 6.85. The minimum absolute atomic E-state index is 0.0215. The summed E-state index contributed by atoms with van der Waals surface area (Å²) in [4.78, 5) is 13.4. The number of hydrogen-bond donors (Lipinski definition) is 1. The van der Waals surface area contributed by atoms with E-state index < -0.39 is 20.4 Å². The molecule has 5 nitrogen and oxygen atoms in total. The second-order valence-electron chi connectivity index (χ2n) is 8.45. The van der Waals surface area contributed by atoms with E-state index in [1.165, 1.54) is 35.8 Å². The van der Waals surface area contributed by atoms with Crippen LogP contribution in [0.1, 0.15) is 29.1 Å². The van der Waals surface area contributed by atoms with Gasteiger partial charge in [0.15, 0.2) is 9.84 Å². The number of halogens is 3. The van der Waals surface area contributed by atoms with E-state index in [0.717, 1.165) is 16.2 Å². The van der Waals surface area contributed by atoms with Crippen molar-refractivity contribution in [1.29, 1.82) is 0 Å². The van der Waals surface area contributed by atoms with Crippen LogP contribution < -0.4 is 10.1 Å². The zero-order valence-electron chi connectivity index (χ0n) is 18.9. The third kappa shape index (κ3) is 5.46. The van der Waals surface area contributed by atoms with Crippen LogP contribution in [-0.2, 0) is 14.6 Å². The minimum atomic E-state index is -3.34. The Morgan fingerprint density at radius 3 is 2.43 bits per heavy atom. The van der Waals surface area contributed by atoms with Crippen molar-refractivity contribution >= 4 is 66.1 Å². The largest absolute Gasteiger partial charge is 0.457 e. The molecule has 1 N–H and O–H groups in total. The van der Waals surface area contributed by atoms with Gasteiger partial charge in [0.25, 0.3) is 5.91 Å². The Balaban J connectivity index is 1.57. The molecule has 0 saturated carbocycles. The van der Waals surface area contributed by atoms with Crippen molar-refractivity contribution < 1.29 is 22.3 Å². The topological polar surface area (TPSA) is 72.5 Å². The van der Waals surface area contributed by atoms with Crippen molar-refractivity contribution in [3.63, 3.8) is 0 Å². The van der Waals surface area contributed by atoms with E-state index >= 15 is 0 Å². The van der Waals surface area contributed by atoms with E-state index in [1.807, 2.05) is 6.07 Å². The molecule has 182 valence electrons. The monoisotopic (exact) mass is 551 g/mol. The molecule has 0 bridgehead atoms. The summed E-state index contributed by atoms with van der Waals surface area (Å²) < 4.78 is 43.6. The van der Waals surface area contributed by atoms with Gasteiger partial charge >= 0.3 is 0 Å². The quantitative estimate of drug-likeness (QED) is 0.266. The zero-order valence-corrected chi connectivity index (χ0v) is 22.0. The first kappa shape index (κ1) is 25.4. The molecule has 1 amide bonds. The molecule has 0 saturated heterocycles. The molecule has 4 aromatic rings. The van der Waals surface area contributed by atoms with Gasteiger partial charge in [0.05, 0.1) is 14.6 Å². The molecule has 0 aliphatic heterocycles. The van der Waals surface area contributed by atoms with Crippen molar-refractivity contribution in [2.75, 3.05) is 11.6 Å². The van der Waals surface area contributed by atoms with Crippen molar-refractivity contribution in [3.8, 4) is 11.5 Å². The average molecular weight is 552 g/mol. The van der Waals surface area contributed by atoms with Crippen LogP contribution in [0.2, 0.25) is 10.0 Å². The maximum absolute atomic E-state index is 13.7. The number of nitrogens with one attached hydrogen (secondary N) is 1. The van der Waals surface area contributed by atoms with Gasteiger partial charge in [-0.15, -0.1) is 11.3 Å². The molecular formula is C25H20Cl2FNO4S2. The van der Waals surface area contributed by atoms with E-state index in [9.17, 15) is 17.6 Å². The van der Waals surface area contributed by atoms with Gasteiger partial charge in [-0.05, 0) is 67.3 Å². The molecule has 0 aliphatic rings. The Labute approximate surface area is 216 Å². The number of thiophene rings is 1. The summed E-state index contributed by atoms with van der Waals surface area (Å²) in [7, 11) is -3.34. The highest BCUT2D eigenvalue weighted by Crippen LogP contribution is 2.35. The molecule has 4 rings (SSSR count). The van der Waals surface area contributed by atoms with Crippen LogP contribution in [0.4, 0.5) is 10.1 Å². The summed E-state index contributed by atoms with van der Waals surface area (Å²) in [6.45, 7) is 3.31. The summed E-state index contributed by atoms with van der Waals surface area (Å²) in [5.41, 5.74) is 1.04. The third-order valence-corrected chi connectivity index (χ3v) is 9.35. The third-order valence-electron chi connectivity index (χ3n) is 5.62. The Hall–Kier alpha value is -2.65. The zero-order chi connectivity index (χ0) is 25.5. The fourth-order valence-corrected chi connectivity index (χ4v) is 5.14. The van der Waals surface area contributed by atoms with Crippen molar-refractivity contribution in [1.82, 2.24) is 0 Å². The van der Waals surface area contributed by atoms with E-state index in [0.29, 0.717) is 26.9 Å². The highest BCUT2D eigenvalue weighted by atomic mass is 35.5. The standard InChI is InChI=1S/C25H20Cl2FNO4S2/c1-25(2,35(3,31)32)15-4-7-22-14(8-15)9-23(34-22)24(30)29-17-10-16(26)11-19(12-17)33-18-5-6-20(27)21(28)13-18/h4-13H,1-3H3,(H,29,30). The average Bonchev–Trinajstić information content (AvgIpc) is 3.19. The second kappa shape index (κ2) is 9.43. The SMILES string of the molecule is CC(C)(c1ccc2sc(C(=O)Nc3cc(Cl)cc(Oc4ccc(Cl)c(F)c4)c3)cc2c1)S(C)(=O)=O. The molecule has 0 unspecified atom stereocenters. The lowest BCUT2D eigenvalue weighted by Crippen LogP contribution is -2.27. The van der Waals surface area contributed by atoms with Gasteiger partial charge in [0.1, 0.15) is 17.3 Å². The van der Waals surface area contributed by atoms with Crippen molar-refractivity contribution in [3.05, 3.63) is 87.0 Å². The van der Waals surface area contributed by atoms with Crippen LogP contribution in [0.15, 0.2) is 60.7 Å². The summed E-state index contributed by atoms with van der Waals surface area (Å²) >= 11 is 13.2. The summed E-state index contributed by atoms with van der Waals surface area (Å²) in [6.07, 6.45) is 1.20. The normalized spacial score (nSPS) is 12.1. The molecule has 10 heteroatoms. The van der Waals surface area contributed by atoms with Gasteiger partial charge in [0.2, 0.25) is 0 Å². The van der Waals surface area contributed by atoms with Crippen LogP contribution in [0, 0.1) is 5.82 Å². The predicted molar refractivity (Wildman–Crippen MR) is 141 cm³/mol. The number of anilines is 1. The second-order valence-corrected chi connectivity index (χ2v) is 12.9. The molecule has 0 aliphatic carbocycles. The Morgan fingerprint density at radius 1 is 1.00 bits per heavy atom. The van der Waals surface area contributed by atoms with Gasteiger partial charge in [-0.1, -0.05) is 29.3 Å². The number of sulfone groups is 1. The smallest absolute Gasteiger partial charge is 0.265 e. The number of amides is 1. The van der Waals surface area contributed by atoms with Crippen LogP contribution in [0.5, 0.6) is 11.5 Å². The number of carbonyl (C=O) groups excluding carboxylic acids is 1. The number of ether oxygens (including phenoxy) is 1. The maximum atomic E-state index is 13.7. The minimum Gasteiger partial charge on any atom is -0.457 e. The molecule has 35 heavy (non-hydrogen) atoms. The van der Waals surface area contributed by atoms with E-state index in [-0.39, 0.29) is 16.7 Å². The van der Waals surface area contributed by atoms with Gasteiger partial charge in [-0.2, -0.15) is 0 Å². The first-order valence-electron chi connectivity index (χ1n) is 10.3. The molecule has 1 heterocycles. The molecule has 0 spiro atoms. The van der Waals surface area contributed by atoms with Crippen LogP contribution in [0.3, 0.4) is 0 Å². The Bertz CT molecular complexity index is 1570. The van der Waals surface area contributed by atoms with Gasteiger partial charge in [-0.3, -0.25) is 4.79 Å². The lowest BCUT2D eigenvalue weighted by molar-refractivity contribution is 0.103. The molecule has 0 atom stereocenters. The van der Waals surface area contributed by atoms with Crippen LogP contribution in [0.25, 0.3) is 10.1 Å². The van der Waals surface area contributed by atoms with Crippen molar-refractivity contribution in [2.45, 2.75) is 18.6 Å². The van der Waals surface area contributed by atoms with Crippen LogP contribution in [-0.4, -0.2) is 20.6 Å². The molecule has 1 aromatic heterocycles. The molecule has 3 aromatic carbocycles. The summed E-state index contributed by atoms with van der Waals surface area (Å²) in [6, 6.07) is 15.8. The fraction of sp³-hybridized carbons (Fsp3) is 0.160. The maximum Gasteiger partial charge on any atom is 0.265 e. The molecular weight excluding hydrogens is 532 g/mol. The number of carbonyl (C=O) groups is 1. The van der Waals surface area contributed by atoms with E-state index in [1.54, 1.807) is 44.2 Å². The van der Waals surface area contributed by atoms with E-state index in [4.69, 9.17) is 27.9 Å². The fourth-order valence-electron chi connectivity index (χ4n) is 3.31. The Morgan fingerprint density at radius 2 is 1.74 bits per heavy atom. The highest BCUT2D eigenvalue weighted by molar-refractivity contribution is 7.91. The number of fused-ring (bicyclic) bond motifs is 1. The number of hydrogen-bond acceptors (Lipinski definition) is 5. The number of rotatable bonds is 6. The van der Waals surface area contributed by atoms with Gasteiger partial charge in [0, 0.05) is 33.8 Å². The van der Waals surface area contributed by atoms with Crippen molar-refractivity contribution in [2.24, 2.45) is 0 Å². The first-order valence-corrected chi connectivity index (χ1v) is 13.8. The van der Waals surface area contributed by atoms with Gasteiger partial charge in [-0.25, -0.2) is 12.8 Å². The van der Waals surface area contributed by atoms with Gasteiger partial charge < -0.3 is 10.1 Å². The highest BCUT2D eigenvalue weighted by Gasteiger charge is 2.32. The predicted octanol–water partition coefficient (Wildman–Crippen LogP) is 7.67.